The van der Waals surface area contributed by atoms with Crippen LogP contribution in [-0.4, -0.2) is 43.0 Å². The van der Waals surface area contributed by atoms with E-state index in [9.17, 15) is 19.5 Å². The molecule has 3 heterocycles. The number of carbonyl (C=O) groups is 2. The van der Waals surface area contributed by atoms with Gasteiger partial charge in [-0.3, -0.25) is 15.0 Å². The lowest BCUT2D eigenvalue weighted by atomic mass is 9.53. The number of aromatic hydroxyl groups is 1. The van der Waals surface area contributed by atoms with Crippen LogP contribution in [-0.2, 0) is 28.6 Å². The van der Waals surface area contributed by atoms with Crippen molar-refractivity contribution in [2.45, 2.75) is 30.3 Å². The average Bonchev–Trinajstić information content (AvgIpc) is 3.46. The Morgan fingerprint density at radius 3 is 2.37 bits per heavy atom. The Hall–Kier alpha value is -5.26. The number of hydrazine groups is 1. The zero-order valence-corrected chi connectivity index (χ0v) is 27.8. The number of hydrogen-bond acceptors (Lipinski definition) is 7. The van der Waals surface area contributed by atoms with Crippen LogP contribution in [0.5, 0.6) is 11.5 Å². The number of allylic oxidation sites excluding steroid dienone is 2. The molecule has 3 aliphatic rings. The zero-order valence-electron chi connectivity index (χ0n) is 26.3. The first kappa shape index (κ1) is 31.0. The number of anilines is 1. The third-order valence-corrected chi connectivity index (χ3v) is 10.8. The Bertz CT molecular complexity index is 2380. The van der Waals surface area contributed by atoms with Crippen molar-refractivity contribution in [2.75, 3.05) is 12.5 Å². The minimum atomic E-state index is -1.54. The second-order valence-electron chi connectivity index (χ2n) is 12.5. The van der Waals surface area contributed by atoms with Crippen molar-refractivity contribution in [3.05, 3.63) is 133 Å². The van der Waals surface area contributed by atoms with Crippen LogP contribution < -0.4 is 21.5 Å². The van der Waals surface area contributed by atoms with Gasteiger partial charge >= 0.3 is 11.4 Å². The summed E-state index contributed by atoms with van der Waals surface area (Å²) in [5.41, 5.74) is 2.69. The number of ether oxygens (including phenoxy) is 1. The molecular formula is C36H29Cl2N5O6. The number of benzene rings is 4. The average molecular weight is 699 g/mol. The number of fused-ring (bicyclic) bond motifs is 5. The molecule has 0 unspecified atom stereocenters. The lowest BCUT2D eigenvalue weighted by Crippen LogP contribution is -2.53. The van der Waals surface area contributed by atoms with Gasteiger partial charge in [0.2, 0.25) is 0 Å². The van der Waals surface area contributed by atoms with Crippen molar-refractivity contribution in [3.8, 4) is 11.5 Å². The Morgan fingerprint density at radius 1 is 0.918 bits per heavy atom. The van der Waals surface area contributed by atoms with E-state index in [-0.39, 0.29) is 23.7 Å². The van der Waals surface area contributed by atoms with Crippen LogP contribution in [0.4, 0.5) is 5.69 Å². The number of phenols is 1. The lowest BCUT2D eigenvalue weighted by molar-refractivity contribution is -0.138. The molecule has 1 aromatic heterocycles. The van der Waals surface area contributed by atoms with Gasteiger partial charge in [-0.05, 0) is 64.9 Å². The van der Waals surface area contributed by atoms with E-state index >= 15 is 4.79 Å². The summed E-state index contributed by atoms with van der Waals surface area (Å²) in [5, 5.41) is 13.8. The number of imide groups is 1. The highest BCUT2D eigenvalue weighted by atomic mass is 35.5. The summed E-state index contributed by atoms with van der Waals surface area (Å²) in [6, 6.07) is 21.7. The molecule has 0 radical (unpaired) electrons. The molecule has 4 atom stereocenters. The van der Waals surface area contributed by atoms with Crippen molar-refractivity contribution in [1.82, 2.24) is 18.9 Å². The molecule has 13 heteroatoms. The minimum Gasteiger partial charge on any atom is -0.507 e. The Balaban J connectivity index is 1.44. The van der Waals surface area contributed by atoms with Gasteiger partial charge in [0.05, 0.1) is 41.7 Å². The van der Waals surface area contributed by atoms with Crippen LogP contribution in [0.15, 0.2) is 100 Å². The maximum Gasteiger partial charge on any atom is 0.347 e. The molecule has 2 amide bonds. The number of carbonyl (C=O) groups excluding carboxylic acids is 2. The van der Waals surface area contributed by atoms with Crippen LogP contribution >= 0.6 is 23.2 Å². The molecule has 49 heavy (non-hydrogen) atoms. The first-order chi connectivity index (χ1) is 23.6. The molecule has 11 nitrogen and oxygen atoms in total. The lowest BCUT2D eigenvalue weighted by Gasteiger charge is -2.49. The number of halogens is 2. The first-order valence-electron chi connectivity index (χ1n) is 15.6. The standard InChI is InChI=1S/C36H29Cl2N5O6/c1-40-34(47)41-16-15-25-29(43(41)35(40)48)18-26-32(45)42(39-28-13-9-20(37)17-27(28)38)33(46)36(26,19-7-10-21(49-2)11-8-19)31(25)24-12-14-30(44)23-6-4-3-5-22(23)24/h3-15,17,26,29,31,39,44H,16,18H2,1-2H3/t26-,29+,31-,36+/m0/s1. The number of aromatic nitrogens is 3. The number of amides is 2. The number of phenolic OH excluding ortho intramolecular Hbond substituents is 1. The highest BCUT2D eigenvalue weighted by molar-refractivity contribution is 6.36. The summed E-state index contributed by atoms with van der Waals surface area (Å²) in [4.78, 5) is 57.0. The van der Waals surface area contributed by atoms with E-state index in [4.69, 9.17) is 27.9 Å². The predicted molar refractivity (Wildman–Crippen MR) is 184 cm³/mol. The predicted octanol–water partition coefficient (Wildman–Crippen LogP) is 5.14. The van der Waals surface area contributed by atoms with E-state index in [1.165, 1.54) is 22.5 Å². The molecule has 2 aliphatic heterocycles. The maximum atomic E-state index is 15.4. The second-order valence-corrected chi connectivity index (χ2v) is 13.4. The van der Waals surface area contributed by atoms with E-state index in [0.717, 1.165) is 9.58 Å². The fourth-order valence-electron chi connectivity index (χ4n) is 8.12. The molecule has 1 saturated carbocycles. The normalized spacial score (nSPS) is 22.8. The van der Waals surface area contributed by atoms with Gasteiger partial charge in [-0.2, -0.15) is 5.01 Å². The van der Waals surface area contributed by atoms with Crippen LogP contribution in [0.3, 0.4) is 0 Å². The Labute approximate surface area is 289 Å². The summed E-state index contributed by atoms with van der Waals surface area (Å²) in [6.45, 7) is 0.0844. The maximum absolute atomic E-state index is 15.4. The summed E-state index contributed by atoms with van der Waals surface area (Å²) >= 11 is 12.7. The Morgan fingerprint density at radius 2 is 1.65 bits per heavy atom. The highest BCUT2D eigenvalue weighted by Gasteiger charge is 2.69. The SMILES string of the molecule is COc1ccc([C@@]23C(=O)N(Nc4ccc(Cl)cc4Cl)C(=O)[C@@H]2C[C@@H]2C(=CCn4c(=O)n(C)c(=O)n42)[C@@H]3c2ccc(O)c3ccccc23)cc1. The number of nitrogens with zero attached hydrogens (tertiary/aromatic N) is 4. The first-order valence-corrected chi connectivity index (χ1v) is 16.4. The second kappa shape index (κ2) is 11.1. The fourth-order valence-corrected chi connectivity index (χ4v) is 8.57. The molecular weight excluding hydrogens is 669 g/mol. The summed E-state index contributed by atoms with van der Waals surface area (Å²) in [5.74, 6) is -2.27. The number of methoxy groups -OCH3 is 1. The van der Waals surface area contributed by atoms with Gasteiger partial charge in [0.25, 0.3) is 11.8 Å². The van der Waals surface area contributed by atoms with Gasteiger partial charge in [-0.15, -0.1) is 0 Å². The van der Waals surface area contributed by atoms with E-state index in [2.05, 4.69) is 5.43 Å². The van der Waals surface area contributed by atoms with E-state index in [1.54, 1.807) is 61.7 Å². The molecule has 2 N–H and O–H groups in total. The molecule has 8 rings (SSSR count). The topological polar surface area (TPSA) is 128 Å². The molecule has 0 spiro atoms. The van der Waals surface area contributed by atoms with Crippen LogP contribution in [0.1, 0.15) is 29.5 Å². The van der Waals surface area contributed by atoms with Gasteiger partial charge in [0.15, 0.2) is 0 Å². The van der Waals surface area contributed by atoms with Crippen LogP contribution in [0.25, 0.3) is 10.8 Å². The van der Waals surface area contributed by atoms with Crippen LogP contribution in [0, 0.1) is 5.92 Å². The molecule has 1 saturated heterocycles. The minimum absolute atomic E-state index is 0.0465. The van der Waals surface area contributed by atoms with Gasteiger partial charge in [-0.1, -0.05) is 71.7 Å². The van der Waals surface area contributed by atoms with Crippen molar-refractivity contribution >= 4 is 51.5 Å². The molecule has 5 aromatic rings. The van der Waals surface area contributed by atoms with Crippen molar-refractivity contribution in [2.24, 2.45) is 13.0 Å². The molecule has 0 bridgehead atoms. The quantitative estimate of drug-likeness (QED) is 0.192. The van der Waals surface area contributed by atoms with Crippen molar-refractivity contribution < 1.29 is 19.4 Å². The molecule has 248 valence electrons. The summed E-state index contributed by atoms with van der Waals surface area (Å²) < 4.78 is 9.29. The summed E-state index contributed by atoms with van der Waals surface area (Å²) in [6.07, 6.45) is 1.94. The van der Waals surface area contributed by atoms with Crippen molar-refractivity contribution in [1.29, 1.82) is 0 Å². The number of rotatable bonds is 5. The van der Waals surface area contributed by atoms with E-state index < -0.39 is 46.5 Å². The smallest absolute Gasteiger partial charge is 0.347 e. The molecule has 4 aromatic carbocycles. The van der Waals surface area contributed by atoms with Gasteiger partial charge in [0, 0.05) is 23.4 Å². The molecule has 2 fully saturated rings. The van der Waals surface area contributed by atoms with Gasteiger partial charge in [0.1, 0.15) is 11.5 Å². The van der Waals surface area contributed by atoms with E-state index in [0.29, 0.717) is 43.9 Å². The van der Waals surface area contributed by atoms with E-state index in [1.807, 2.05) is 24.3 Å². The summed E-state index contributed by atoms with van der Waals surface area (Å²) in [7, 11) is 2.96. The zero-order chi connectivity index (χ0) is 34.4. The monoisotopic (exact) mass is 697 g/mol. The molecule has 1 aliphatic carbocycles. The number of hydrogen-bond donors (Lipinski definition) is 2. The largest absolute Gasteiger partial charge is 0.507 e. The van der Waals surface area contributed by atoms with Crippen molar-refractivity contribution in [3.63, 3.8) is 0 Å². The third-order valence-electron chi connectivity index (χ3n) is 10.3. The Kier molecular flexibility index (Phi) is 7.06. The third kappa shape index (κ3) is 4.28. The van der Waals surface area contributed by atoms with Crippen LogP contribution in [0.2, 0.25) is 10.0 Å². The van der Waals surface area contributed by atoms with Gasteiger partial charge in [-0.25, -0.2) is 23.5 Å². The fraction of sp³-hybridized carbons (Fsp3) is 0.222. The highest BCUT2D eigenvalue weighted by Crippen LogP contribution is 2.62. The van der Waals surface area contributed by atoms with Gasteiger partial charge < -0.3 is 9.84 Å². The number of nitrogens with one attached hydrogen (secondary N) is 1.